The molecule has 1 aliphatic rings. The Bertz CT molecular complexity index is 714. The molecule has 1 amide bonds. The van der Waals surface area contributed by atoms with Crippen LogP contribution in [0.25, 0.3) is 0 Å². The molecular formula is C15H16BrN3O3. The van der Waals surface area contributed by atoms with Crippen LogP contribution in [0.1, 0.15) is 28.9 Å². The first-order valence-electron chi connectivity index (χ1n) is 6.93. The van der Waals surface area contributed by atoms with Crippen LogP contribution >= 0.6 is 15.9 Å². The summed E-state index contributed by atoms with van der Waals surface area (Å²) in [5, 5.41) is 6.96. The molecule has 22 heavy (non-hydrogen) atoms. The van der Waals surface area contributed by atoms with Crippen LogP contribution in [0.15, 0.2) is 29.0 Å². The van der Waals surface area contributed by atoms with Gasteiger partial charge in [-0.05, 0) is 24.6 Å². The Kier molecular flexibility index (Phi) is 4.06. The Labute approximate surface area is 136 Å². The number of aryl methyl sites for hydroxylation is 1. The zero-order chi connectivity index (χ0) is 15.7. The summed E-state index contributed by atoms with van der Waals surface area (Å²) in [5.74, 6) is 1.25. The third-order valence-electron chi connectivity index (χ3n) is 3.44. The third kappa shape index (κ3) is 2.94. The Hall–Kier alpha value is -2.02. The molecule has 2 aromatic rings. The molecule has 2 heterocycles. The van der Waals surface area contributed by atoms with Crippen molar-refractivity contribution in [2.24, 2.45) is 7.05 Å². The summed E-state index contributed by atoms with van der Waals surface area (Å²) in [6, 6.07) is 3.58. The number of halogens is 1. The molecule has 0 saturated carbocycles. The van der Waals surface area contributed by atoms with E-state index in [4.69, 9.17) is 9.47 Å². The Morgan fingerprint density at radius 2 is 2.05 bits per heavy atom. The number of fused-ring (bicyclic) bond motifs is 1. The maximum atomic E-state index is 12.2. The number of nitrogens with zero attached hydrogens (tertiary/aromatic N) is 2. The average Bonchev–Trinajstić information content (AvgIpc) is 2.93. The highest BCUT2D eigenvalue weighted by Crippen LogP contribution is 2.37. The molecule has 0 saturated heterocycles. The molecular weight excluding hydrogens is 350 g/mol. The van der Waals surface area contributed by atoms with Gasteiger partial charge in [-0.15, -0.1) is 0 Å². The standard InChI is InChI=1S/C15H16BrN3O3/c1-9(18-15(20)10-7-17-19(2)8-10)11-5-13-14(6-12(11)16)22-4-3-21-13/h5-9H,3-4H2,1-2H3,(H,18,20). The van der Waals surface area contributed by atoms with Gasteiger partial charge in [0.15, 0.2) is 11.5 Å². The maximum Gasteiger partial charge on any atom is 0.254 e. The van der Waals surface area contributed by atoms with Gasteiger partial charge in [0.05, 0.1) is 17.8 Å². The second-order valence-electron chi connectivity index (χ2n) is 5.12. The third-order valence-corrected chi connectivity index (χ3v) is 4.13. The van der Waals surface area contributed by atoms with Gasteiger partial charge in [0.2, 0.25) is 0 Å². The van der Waals surface area contributed by atoms with Crippen LogP contribution in [0, 0.1) is 0 Å². The van der Waals surface area contributed by atoms with Gasteiger partial charge in [0, 0.05) is 17.7 Å². The minimum absolute atomic E-state index is 0.164. The van der Waals surface area contributed by atoms with Crippen LogP contribution in [0.5, 0.6) is 11.5 Å². The topological polar surface area (TPSA) is 65.4 Å². The van der Waals surface area contributed by atoms with Gasteiger partial charge >= 0.3 is 0 Å². The number of nitrogens with one attached hydrogen (secondary N) is 1. The largest absolute Gasteiger partial charge is 0.486 e. The lowest BCUT2D eigenvalue weighted by atomic mass is 10.1. The molecule has 1 atom stereocenters. The minimum Gasteiger partial charge on any atom is -0.486 e. The van der Waals surface area contributed by atoms with Gasteiger partial charge in [0.25, 0.3) is 5.91 Å². The van der Waals surface area contributed by atoms with Crippen molar-refractivity contribution in [3.05, 3.63) is 40.1 Å². The van der Waals surface area contributed by atoms with E-state index in [1.807, 2.05) is 19.1 Å². The number of hydrogen-bond acceptors (Lipinski definition) is 4. The maximum absolute atomic E-state index is 12.2. The zero-order valence-corrected chi connectivity index (χ0v) is 13.9. The summed E-state index contributed by atoms with van der Waals surface area (Å²) in [7, 11) is 1.78. The molecule has 116 valence electrons. The molecule has 0 radical (unpaired) electrons. The molecule has 6 nitrogen and oxygen atoms in total. The fourth-order valence-corrected chi connectivity index (χ4v) is 2.97. The van der Waals surface area contributed by atoms with Crippen molar-refractivity contribution < 1.29 is 14.3 Å². The molecule has 3 rings (SSSR count). The summed E-state index contributed by atoms with van der Waals surface area (Å²) in [5.41, 5.74) is 1.46. The monoisotopic (exact) mass is 365 g/mol. The van der Waals surface area contributed by atoms with E-state index < -0.39 is 0 Å². The van der Waals surface area contributed by atoms with Crippen molar-refractivity contribution >= 4 is 21.8 Å². The molecule has 1 aliphatic heterocycles. The average molecular weight is 366 g/mol. The lowest BCUT2D eigenvalue weighted by Crippen LogP contribution is -2.27. The SMILES string of the molecule is CC(NC(=O)c1cnn(C)c1)c1cc2c(cc1Br)OCCO2. The lowest BCUT2D eigenvalue weighted by molar-refractivity contribution is 0.0939. The predicted molar refractivity (Wildman–Crippen MR) is 84.2 cm³/mol. The fraction of sp³-hybridized carbons (Fsp3) is 0.333. The van der Waals surface area contributed by atoms with Crippen molar-refractivity contribution in [1.29, 1.82) is 0 Å². The molecule has 1 aromatic heterocycles. The quantitative estimate of drug-likeness (QED) is 0.906. The van der Waals surface area contributed by atoms with Gasteiger partial charge in [-0.3, -0.25) is 9.48 Å². The van der Waals surface area contributed by atoms with Gasteiger partial charge in [0.1, 0.15) is 13.2 Å². The lowest BCUT2D eigenvalue weighted by Gasteiger charge is -2.22. The van der Waals surface area contributed by atoms with Crippen molar-refractivity contribution in [1.82, 2.24) is 15.1 Å². The zero-order valence-electron chi connectivity index (χ0n) is 12.3. The molecule has 1 N–H and O–H groups in total. The summed E-state index contributed by atoms with van der Waals surface area (Å²) >= 11 is 3.52. The van der Waals surface area contributed by atoms with Crippen LogP contribution in [-0.4, -0.2) is 28.9 Å². The van der Waals surface area contributed by atoms with Crippen LogP contribution in [0.3, 0.4) is 0 Å². The molecule has 0 spiro atoms. The number of hydrogen-bond donors (Lipinski definition) is 1. The van der Waals surface area contributed by atoms with Crippen LogP contribution in [-0.2, 0) is 7.05 Å². The number of rotatable bonds is 3. The van der Waals surface area contributed by atoms with E-state index in [-0.39, 0.29) is 11.9 Å². The highest BCUT2D eigenvalue weighted by Gasteiger charge is 2.20. The second-order valence-corrected chi connectivity index (χ2v) is 5.97. The Morgan fingerprint density at radius 1 is 1.36 bits per heavy atom. The van der Waals surface area contributed by atoms with Gasteiger partial charge < -0.3 is 14.8 Å². The Morgan fingerprint density at radius 3 is 2.68 bits per heavy atom. The van der Waals surface area contributed by atoms with Crippen molar-refractivity contribution in [3.8, 4) is 11.5 Å². The minimum atomic E-state index is -0.182. The number of ether oxygens (including phenoxy) is 2. The number of carbonyl (C=O) groups is 1. The van der Waals surface area contributed by atoms with E-state index in [0.29, 0.717) is 30.3 Å². The van der Waals surface area contributed by atoms with Gasteiger partial charge in [-0.2, -0.15) is 5.10 Å². The van der Waals surface area contributed by atoms with Crippen LogP contribution in [0.2, 0.25) is 0 Å². The smallest absolute Gasteiger partial charge is 0.254 e. The summed E-state index contributed by atoms with van der Waals surface area (Å²) < 4.78 is 13.6. The van der Waals surface area contributed by atoms with E-state index in [9.17, 15) is 4.79 Å². The molecule has 1 aromatic carbocycles. The second kappa shape index (κ2) is 6.00. The number of amides is 1. The van der Waals surface area contributed by atoms with Crippen molar-refractivity contribution in [2.45, 2.75) is 13.0 Å². The first kappa shape index (κ1) is 14.9. The van der Waals surface area contributed by atoms with Crippen LogP contribution in [0.4, 0.5) is 0 Å². The van der Waals surface area contributed by atoms with Crippen LogP contribution < -0.4 is 14.8 Å². The van der Waals surface area contributed by atoms with Crippen molar-refractivity contribution in [2.75, 3.05) is 13.2 Å². The first-order chi connectivity index (χ1) is 10.5. The molecule has 0 fully saturated rings. The van der Waals surface area contributed by atoms with E-state index in [2.05, 4.69) is 26.3 Å². The number of carbonyl (C=O) groups excluding carboxylic acids is 1. The van der Waals surface area contributed by atoms with E-state index in [0.717, 1.165) is 10.0 Å². The normalized spacial score (nSPS) is 14.5. The van der Waals surface area contributed by atoms with E-state index >= 15 is 0 Å². The predicted octanol–water partition coefficient (Wildman–Crippen LogP) is 2.44. The first-order valence-corrected chi connectivity index (χ1v) is 7.72. The summed E-state index contributed by atoms with van der Waals surface area (Å²) in [6.07, 6.45) is 3.22. The molecule has 1 unspecified atom stereocenters. The van der Waals surface area contributed by atoms with Gasteiger partial charge in [-0.1, -0.05) is 15.9 Å². The highest BCUT2D eigenvalue weighted by atomic mass is 79.9. The van der Waals surface area contributed by atoms with E-state index in [1.165, 1.54) is 0 Å². The van der Waals surface area contributed by atoms with E-state index in [1.54, 1.807) is 24.1 Å². The highest BCUT2D eigenvalue weighted by molar-refractivity contribution is 9.10. The molecule has 0 bridgehead atoms. The summed E-state index contributed by atoms with van der Waals surface area (Å²) in [6.45, 7) is 3.00. The number of aromatic nitrogens is 2. The summed E-state index contributed by atoms with van der Waals surface area (Å²) in [4.78, 5) is 12.2. The molecule has 7 heteroatoms. The number of benzene rings is 1. The fourth-order valence-electron chi connectivity index (χ4n) is 2.31. The van der Waals surface area contributed by atoms with Crippen molar-refractivity contribution in [3.63, 3.8) is 0 Å². The molecule has 0 aliphatic carbocycles. The van der Waals surface area contributed by atoms with Gasteiger partial charge in [-0.25, -0.2) is 0 Å². The Balaban J connectivity index is 1.80.